The Kier molecular flexibility index (Phi) is 14.3. The van der Waals surface area contributed by atoms with Crippen LogP contribution in [-0.2, 0) is 11.3 Å². The van der Waals surface area contributed by atoms with Crippen LogP contribution in [0.2, 0.25) is 5.02 Å². The van der Waals surface area contributed by atoms with Crippen molar-refractivity contribution >= 4 is 41.7 Å². The van der Waals surface area contributed by atoms with Crippen LogP contribution in [0.5, 0.6) is 0 Å². The highest BCUT2D eigenvalue weighted by Crippen LogP contribution is 2.42. The second kappa shape index (κ2) is 16.3. The van der Waals surface area contributed by atoms with Crippen LogP contribution in [0.25, 0.3) is 10.6 Å². The number of thiophene rings is 1. The van der Waals surface area contributed by atoms with Gasteiger partial charge in [-0.3, -0.25) is 4.79 Å². The zero-order valence-corrected chi connectivity index (χ0v) is 26.5. The summed E-state index contributed by atoms with van der Waals surface area (Å²) in [5.41, 5.74) is 3.92. The van der Waals surface area contributed by atoms with Crippen LogP contribution < -0.4 is 10.6 Å². The van der Waals surface area contributed by atoms with Crippen LogP contribution in [0.1, 0.15) is 88.8 Å². The summed E-state index contributed by atoms with van der Waals surface area (Å²) >= 11 is 8.17. The first-order chi connectivity index (χ1) is 18.3. The van der Waals surface area contributed by atoms with Crippen molar-refractivity contribution in [1.82, 2.24) is 15.2 Å². The molecule has 2 aromatic heterocycles. The minimum atomic E-state index is -0.591. The van der Waals surface area contributed by atoms with Crippen molar-refractivity contribution in [2.45, 2.75) is 86.3 Å². The van der Waals surface area contributed by atoms with Crippen molar-refractivity contribution in [3.63, 3.8) is 0 Å². The standard InChI is InChI=1S/C28H40ClN3O3S.C2H5N/c1-9-11-12-19(4)22-20(5)23(26(33)31-17-18(3)10-2)32(24(22)25-21(29)13-16-36-25)15-14-30-27(34)35-28(6,7)8;1-3-2/h11-13,16-17,19H,9-10,14-15H2,1-8H3,(H,30,34)(H,31,33);1H2,2H3/b12-11-,18-17?;. The molecule has 0 aliphatic rings. The molecule has 2 heterocycles. The number of amides is 2. The van der Waals surface area contributed by atoms with Gasteiger partial charge in [-0.2, -0.15) is 0 Å². The number of hydrogen-bond acceptors (Lipinski definition) is 5. The highest BCUT2D eigenvalue weighted by molar-refractivity contribution is 7.14. The molecule has 0 aliphatic heterocycles. The molecular weight excluding hydrogens is 532 g/mol. The summed E-state index contributed by atoms with van der Waals surface area (Å²) in [6.45, 7) is 19.5. The monoisotopic (exact) mass is 576 g/mol. The average molecular weight is 577 g/mol. The van der Waals surface area contributed by atoms with Crippen LogP contribution in [0, 0.1) is 6.92 Å². The van der Waals surface area contributed by atoms with Gasteiger partial charge >= 0.3 is 6.09 Å². The Morgan fingerprint density at radius 1 is 1.31 bits per heavy atom. The fourth-order valence-electron chi connectivity index (χ4n) is 3.93. The Hall–Kier alpha value is -2.84. The number of allylic oxidation sites excluding steroid dienone is 3. The Morgan fingerprint density at radius 2 is 1.95 bits per heavy atom. The van der Waals surface area contributed by atoms with E-state index in [0.29, 0.717) is 23.8 Å². The van der Waals surface area contributed by atoms with E-state index in [1.165, 1.54) is 0 Å². The van der Waals surface area contributed by atoms with Crippen molar-refractivity contribution in [2.24, 2.45) is 4.99 Å². The summed E-state index contributed by atoms with van der Waals surface area (Å²) in [5.74, 6) is -0.123. The number of hydrogen-bond donors (Lipinski definition) is 2. The van der Waals surface area contributed by atoms with Gasteiger partial charge in [-0.1, -0.05) is 50.1 Å². The van der Waals surface area contributed by atoms with Gasteiger partial charge in [0.15, 0.2) is 0 Å². The van der Waals surface area contributed by atoms with Crippen molar-refractivity contribution in [2.75, 3.05) is 13.6 Å². The normalized spacial score (nSPS) is 12.5. The number of alkyl carbamates (subject to hydrolysis) is 1. The number of nitrogens with zero attached hydrogens (tertiary/aromatic N) is 2. The van der Waals surface area contributed by atoms with Crippen LogP contribution in [-0.4, -0.2) is 42.5 Å². The summed E-state index contributed by atoms with van der Waals surface area (Å²) in [6.07, 6.45) is 7.34. The first-order valence-corrected chi connectivity index (χ1v) is 14.5. The second-order valence-electron chi connectivity index (χ2n) is 10.2. The molecule has 0 radical (unpaired) electrons. The zero-order valence-electron chi connectivity index (χ0n) is 24.9. The maximum Gasteiger partial charge on any atom is 0.407 e. The van der Waals surface area contributed by atoms with E-state index in [1.807, 2.05) is 57.6 Å². The van der Waals surface area contributed by atoms with Gasteiger partial charge in [0.1, 0.15) is 11.3 Å². The SMILES string of the molecule is C=NC.CC/C=C\C(C)c1c(C)c(C(=O)NC=C(C)CC)n(CCNC(=O)OC(C)(C)C)c1-c1sccc1Cl. The van der Waals surface area contributed by atoms with Gasteiger partial charge in [0, 0.05) is 32.3 Å². The molecule has 216 valence electrons. The largest absolute Gasteiger partial charge is 0.444 e. The topological polar surface area (TPSA) is 84.7 Å². The molecule has 7 nitrogen and oxygen atoms in total. The minimum Gasteiger partial charge on any atom is -0.444 e. The van der Waals surface area contributed by atoms with E-state index in [9.17, 15) is 9.59 Å². The number of ether oxygens (including phenoxy) is 1. The van der Waals surface area contributed by atoms with E-state index >= 15 is 0 Å². The van der Waals surface area contributed by atoms with E-state index in [4.69, 9.17) is 16.3 Å². The third-order valence-corrected chi connectivity index (χ3v) is 7.08. The summed E-state index contributed by atoms with van der Waals surface area (Å²) in [5, 5.41) is 8.38. The third-order valence-electron chi connectivity index (χ3n) is 5.73. The van der Waals surface area contributed by atoms with Crippen LogP contribution in [0.15, 0.2) is 40.4 Å². The van der Waals surface area contributed by atoms with Crippen molar-refractivity contribution in [1.29, 1.82) is 0 Å². The zero-order chi connectivity index (χ0) is 29.8. The number of aliphatic imine (C=N–C) groups is 1. The van der Waals surface area contributed by atoms with Crippen LogP contribution >= 0.6 is 22.9 Å². The van der Waals surface area contributed by atoms with Crippen molar-refractivity contribution < 1.29 is 14.3 Å². The maximum atomic E-state index is 13.5. The number of nitrogens with one attached hydrogen (secondary N) is 2. The molecule has 0 bridgehead atoms. The van der Waals surface area contributed by atoms with Gasteiger partial charge in [0.05, 0.1) is 15.6 Å². The first kappa shape index (κ1) is 34.2. The maximum absolute atomic E-state index is 13.5. The Labute approximate surface area is 243 Å². The molecule has 1 atom stereocenters. The molecule has 0 spiro atoms. The molecule has 2 aromatic rings. The lowest BCUT2D eigenvalue weighted by molar-refractivity contribution is 0.0526. The molecular formula is C30H45ClN4O3S. The Bertz CT molecular complexity index is 1170. The van der Waals surface area contributed by atoms with E-state index < -0.39 is 11.7 Å². The smallest absolute Gasteiger partial charge is 0.407 e. The summed E-state index contributed by atoms with van der Waals surface area (Å²) in [6, 6.07) is 1.87. The number of halogens is 1. The lowest BCUT2D eigenvalue weighted by Crippen LogP contribution is -2.34. The van der Waals surface area contributed by atoms with E-state index in [-0.39, 0.29) is 11.8 Å². The number of carbonyl (C=O) groups excluding carboxylic acids is 2. The minimum absolute atomic E-state index is 0.0673. The highest BCUT2D eigenvalue weighted by atomic mass is 35.5. The molecule has 0 saturated carbocycles. The molecule has 0 aromatic carbocycles. The quantitative estimate of drug-likeness (QED) is 0.221. The predicted octanol–water partition coefficient (Wildman–Crippen LogP) is 8.13. The fraction of sp³-hybridized carbons (Fsp3) is 0.500. The van der Waals surface area contributed by atoms with Gasteiger partial charge in [-0.25, -0.2) is 4.79 Å². The lowest BCUT2D eigenvalue weighted by Gasteiger charge is -2.20. The molecule has 2 amide bonds. The summed E-state index contributed by atoms with van der Waals surface area (Å²) in [7, 11) is 1.64. The Balaban J connectivity index is 0.00000242. The predicted molar refractivity (Wildman–Crippen MR) is 167 cm³/mol. The van der Waals surface area contributed by atoms with Crippen molar-refractivity contribution in [3.8, 4) is 10.6 Å². The first-order valence-electron chi connectivity index (χ1n) is 13.2. The van der Waals surface area contributed by atoms with Gasteiger partial charge in [0.2, 0.25) is 0 Å². The molecule has 39 heavy (non-hydrogen) atoms. The van der Waals surface area contributed by atoms with Crippen LogP contribution in [0.4, 0.5) is 4.79 Å². The van der Waals surface area contributed by atoms with Gasteiger partial charge < -0.3 is 24.9 Å². The molecule has 0 aliphatic carbocycles. The number of rotatable bonds is 10. The number of aromatic nitrogens is 1. The summed E-state index contributed by atoms with van der Waals surface area (Å²) < 4.78 is 7.38. The van der Waals surface area contributed by atoms with Crippen LogP contribution in [0.3, 0.4) is 0 Å². The lowest BCUT2D eigenvalue weighted by atomic mass is 9.95. The molecule has 2 rings (SSSR count). The molecule has 9 heteroatoms. The van der Waals surface area contributed by atoms with Gasteiger partial charge in [-0.15, -0.1) is 11.3 Å². The second-order valence-corrected chi connectivity index (χ2v) is 11.5. The Morgan fingerprint density at radius 3 is 2.46 bits per heavy atom. The number of carbonyl (C=O) groups is 2. The molecule has 1 unspecified atom stereocenters. The highest BCUT2D eigenvalue weighted by Gasteiger charge is 2.29. The average Bonchev–Trinajstić information content (AvgIpc) is 3.39. The van der Waals surface area contributed by atoms with E-state index in [0.717, 1.165) is 40.1 Å². The summed E-state index contributed by atoms with van der Waals surface area (Å²) in [4.78, 5) is 30.0. The molecule has 0 saturated heterocycles. The fourth-order valence-corrected chi connectivity index (χ4v) is 5.14. The third kappa shape index (κ3) is 10.3. The molecule has 0 fully saturated rings. The van der Waals surface area contributed by atoms with Gasteiger partial charge in [0.25, 0.3) is 5.91 Å². The van der Waals surface area contributed by atoms with Gasteiger partial charge in [-0.05, 0) is 76.8 Å². The molecule has 2 N–H and O–H groups in total. The van der Waals surface area contributed by atoms with Crippen molar-refractivity contribution in [3.05, 3.63) is 57.2 Å². The van der Waals surface area contributed by atoms with E-state index in [1.54, 1.807) is 24.6 Å². The van der Waals surface area contributed by atoms with E-state index in [2.05, 4.69) is 48.3 Å².